The van der Waals surface area contributed by atoms with Gasteiger partial charge >= 0.3 is 0 Å². The van der Waals surface area contributed by atoms with Crippen LogP contribution in [0.15, 0.2) is 23.8 Å². The zero-order valence-corrected chi connectivity index (χ0v) is 9.86. The number of hydrogen-bond donors (Lipinski definition) is 1. The Morgan fingerprint density at radius 3 is 3.00 bits per heavy atom. The Bertz CT molecular complexity index is 349. The van der Waals surface area contributed by atoms with Gasteiger partial charge in [-0.15, -0.1) is 6.10 Å². The van der Waals surface area contributed by atoms with Gasteiger partial charge in [0.1, 0.15) is 6.54 Å². The first-order chi connectivity index (χ1) is 7.46. The SMILES string of the molecule is C=[N+]1CCC2=C[C-](OCC(C)(C)O)C=C[C-]21. The Hall–Kier alpha value is -1.19. The van der Waals surface area contributed by atoms with E-state index >= 15 is 0 Å². The van der Waals surface area contributed by atoms with Crippen LogP contribution in [-0.2, 0) is 4.74 Å². The molecular weight excluding hydrogens is 202 g/mol. The molecule has 1 aliphatic heterocycles. The lowest BCUT2D eigenvalue weighted by atomic mass is 10.00. The van der Waals surface area contributed by atoms with Crippen LogP contribution in [0.1, 0.15) is 20.3 Å². The third-order valence-electron chi connectivity index (χ3n) is 2.63. The molecule has 3 heteroatoms. The summed E-state index contributed by atoms with van der Waals surface area (Å²) in [5, 5.41) is 9.57. The average Bonchev–Trinajstić information content (AvgIpc) is 2.56. The summed E-state index contributed by atoms with van der Waals surface area (Å²) in [6.07, 6.45) is 7.81. The molecule has 0 aromatic rings. The summed E-state index contributed by atoms with van der Waals surface area (Å²) in [5.74, 6) is 0. The molecule has 2 rings (SSSR count). The molecule has 0 saturated carbocycles. The molecule has 0 bridgehead atoms. The summed E-state index contributed by atoms with van der Waals surface area (Å²) < 4.78 is 7.54. The van der Waals surface area contributed by atoms with Crippen molar-refractivity contribution in [3.63, 3.8) is 0 Å². The van der Waals surface area contributed by atoms with Gasteiger partial charge in [-0.2, -0.15) is 11.6 Å². The number of aliphatic hydroxyl groups is 1. The fourth-order valence-electron chi connectivity index (χ4n) is 1.80. The van der Waals surface area contributed by atoms with E-state index in [2.05, 4.69) is 6.72 Å². The first-order valence-corrected chi connectivity index (χ1v) is 5.52. The van der Waals surface area contributed by atoms with Crippen molar-refractivity contribution in [2.75, 3.05) is 13.2 Å². The number of fused-ring (bicyclic) bond motifs is 1. The zero-order valence-electron chi connectivity index (χ0n) is 9.86. The Labute approximate surface area is 96.7 Å². The van der Waals surface area contributed by atoms with Crippen molar-refractivity contribution >= 4 is 6.72 Å². The van der Waals surface area contributed by atoms with Crippen molar-refractivity contribution in [2.24, 2.45) is 0 Å². The molecule has 0 aromatic carbocycles. The minimum atomic E-state index is -0.794. The molecule has 2 aliphatic rings. The second-order valence-corrected chi connectivity index (χ2v) is 4.91. The molecule has 88 valence electrons. The van der Waals surface area contributed by atoms with Gasteiger partial charge in [-0.05, 0) is 20.3 Å². The molecule has 16 heavy (non-hydrogen) atoms. The molecule has 1 heterocycles. The molecule has 0 spiro atoms. The van der Waals surface area contributed by atoms with E-state index in [1.165, 1.54) is 11.6 Å². The van der Waals surface area contributed by atoms with Crippen LogP contribution >= 0.6 is 0 Å². The molecule has 0 amide bonds. The topological polar surface area (TPSA) is 32.5 Å². The molecule has 1 saturated heterocycles. The van der Waals surface area contributed by atoms with Crippen LogP contribution in [0.25, 0.3) is 0 Å². The molecule has 0 atom stereocenters. The molecule has 0 unspecified atom stereocenters. The van der Waals surface area contributed by atoms with Gasteiger partial charge in [-0.25, -0.2) is 12.2 Å². The van der Waals surface area contributed by atoms with Gasteiger partial charge in [0.25, 0.3) is 0 Å². The quantitative estimate of drug-likeness (QED) is 0.577. The van der Waals surface area contributed by atoms with Gasteiger partial charge in [0.2, 0.25) is 0 Å². The predicted octanol–water partition coefficient (Wildman–Crippen LogP) is 1.45. The van der Waals surface area contributed by atoms with Crippen LogP contribution in [0.5, 0.6) is 0 Å². The van der Waals surface area contributed by atoms with Gasteiger partial charge in [-0.1, -0.05) is 0 Å². The Kier molecular flexibility index (Phi) is 2.82. The average molecular weight is 220 g/mol. The number of nitrogens with zero attached hydrogens (tertiary/aromatic N) is 1. The summed E-state index contributed by atoms with van der Waals surface area (Å²) in [5.41, 5.74) is 0.473. The van der Waals surface area contributed by atoms with Crippen LogP contribution in [0.2, 0.25) is 0 Å². The highest BCUT2D eigenvalue weighted by atomic mass is 16.5. The van der Waals surface area contributed by atoms with Crippen LogP contribution in [0.4, 0.5) is 0 Å². The van der Waals surface area contributed by atoms with Gasteiger partial charge in [-0.3, -0.25) is 0 Å². The highest BCUT2D eigenvalue weighted by molar-refractivity contribution is 5.43. The van der Waals surface area contributed by atoms with Crippen LogP contribution < -0.4 is 0 Å². The van der Waals surface area contributed by atoms with Crippen molar-refractivity contribution in [1.29, 1.82) is 0 Å². The molecule has 1 fully saturated rings. The smallest absolute Gasteiger partial charge is 0.121 e. The van der Waals surface area contributed by atoms with Crippen LogP contribution in [0.3, 0.4) is 0 Å². The highest BCUT2D eigenvalue weighted by Crippen LogP contribution is 2.33. The van der Waals surface area contributed by atoms with E-state index in [9.17, 15) is 5.11 Å². The van der Waals surface area contributed by atoms with E-state index in [1.54, 1.807) is 13.8 Å². The minimum Gasteiger partial charge on any atom is -0.423 e. The minimum absolute atomic E-state index is 0.305. The maximum Gasteiger partial charge on any atom is 0.121 e. The molecule has 1 N–H and O–H groups in total. The fourth-order valence-corrected chi connectivity index (χ4v) is 1.80. The zero-order chi connectivity index (χ0) is 11.8. The van der Waals surface area contributed by atoms with E-state index in [-0.39, 0.29) is 0 Å². The number of hydrogen-bond acceptors (Lipinski definition) is 2. The Morgan fingerprint density at radius 2 is 2.31 bits per heavy atom. The lowest BCUT2D eigenvalue weighted by Crippen LogP contribution is -2.27. The molecule has 3 nitrogen and oxygen atoms in total. The number of ether oxygens (including phenoxy) is 1. The second kappa shape index (κ2) is 4.00. The molecule has 1 aliphatic carbocycles. The van der Waals surface area contributed by atoms with Crippen molar-refractivity contribution in [2.45, 2.75) is 25.9 Å². The third kappa shape index (κ3) is 2.49. The van der Waals surface area contributed by atoms with E-state index in [4.69, 9.17) is 4.74 Å². The number of rotatable bonds is 3. The molecular formula is C13H18NO2-. The summed E-state index contributed by atoms with van der Waals surface area (Å²) in [6, 6.07) is 1.18. The van der Waals surface area contributed by atoms with Crippen molar-refractivity contribution in [1.82, 2.24) is 0 Å². The van der Waals surface area contributed by atoms with Gasteiger partial charge in [0.15, 0.2) is 0 Å². The molecule has 0 aromatic heterocycles. The largest absolute Gasteiger partial charge is 0.423 e. The van der Waals surface area contributed by atoms with Crippen molar-refractivity contribution in [3.8, 4) is 0 Å². The van der Waals surface area contributed by atoms with E-state index in [0.29, 0.717) is 6.61 Å². The van der Waals surface area contributed by atoms with E-state index < -0.39 is 5.60 Å². The maximum absolute atomic E-state index is 9.57. The van der Waals surface area contributed by atoms with Crippen molar-refractivity contribution < 1.29 is 14.4 Å². The standard InChI is InChI=1S/C13H18NO2/c1-13(2,15)9-16-11-4-5-12-10(8-11)6-7-14(12)3/h4-5,8,15H,3,6-7,9H2,1-2H3/q-1. The third-order valence-corrected chi connectivity index (χ3v) is 2.63. The fraction of sp³-hybridized carbons (Fsp3) is 0.462. The monoisotopic (exact) mass is 220 g/mol. The van der Waals surface area contributed by atoms with Gasteiger partial charge < -0.3 is 14.4 Å². The summed E-state index contributed by atoms with van der Waals surface area (Å²) in [4.78, 5) is 0. The van der Waals surface area contributed by atoms with Crippen LogP contribution in [0, 0.1) is 12.1 Å². The van der Waals surface area contributed by atoms with Gasteiger partial charge in [0, 0.05) is 6.04 Å². The maximum atomic E-state index is 9.57. The van der Waals surface area contributed by atoms with Crippen molar-refractivity contribution in [3.05, 3.63) is 35.9 Å². The lowest BCUT2D eigenvalue weighted by Gasteiger charge is -2.32. The molecule has 0 radical (unpaired) electrons. The highest BCUT2D eigenvalue weighted by Gasteiger charge is 2.19. The summed E-state index contributed by atoms with van der Waals surface area (Å²) in [6.45, 7) is 8.68. The first kappa shape index (κ1) is 11.3. The second-order valence-electron chi connectivity index (χ2n) is 4.91. The summed E-state index contributed by atoms with van der Waals surface area (Å²) >= 11 is 0. The first-order valence-electron chi connectivity index (χ1n) is 5.52. The van der Waals surface area contributed by atoms with E-state index in [1.807, 2.05) is 22.8 Å². The van der Waals surface area contributed by atoms with Crippen LogP contribution in [-0.4, -0.2) is 35.2 Å². The summed E-state index contributed by atoms with van der Waals surface area (Å²) in [7, 11) is 0. The van der Waals surface area contributed by atoms with Gasteiger partial charge in [0.05, 0.1) is 18.9 Å². The predicted molar refractivity (Wildman–Crippen MR) is 62.8 cm³/mol. The Morgan fingerprint density at radius 1 is 1.56 bits per heavy atom. The lowest BCUT2D eigenvalue weighted by molar-refractivity contribution is -0.475. The van der Waals surface area contributed by atoms with E-state index in [0.717, 1.165) is 19.1 Å². The normalized spacial score (nSPS) is 20.2. The Balaban J connectivity index is 1.96.